The van der Waals surface area contributed by atoms with Crippen LogP contribution in [-0.2, 0) is 70.1 Å². The summed E-state index contributed by atoms with van der Waals surface area (Å²) in [4.78, 5) is 85.5. The van der Waals surface area contributed by atoms with Crippen LogP contribution >= 0.6 is 22.8 Å². The monoisotopic (exact) mass is 1450 g/mol. The van der Waals surface area contributed by atoms with Gasteiger partial charge in [-0.15, -0.1) is 0 Å². The lowest BCUT2D eigenvalue weighted by Gasteiger charge is -2.37. The summed E-state index contributed by atoms with van der Waals surface area (Å²) in [6.07, 6.45) is -9.05. The molecule has 0 radical (unpaired) electrons. The van der Waals surface area contributed by atoms with Gasteiger partial charge in [-0.3, -0.25) is 51.5 Å². The number of aliphatic hydroxyl groups is 1. The van der Waals surface area contributed by atoms with Crippen LogP contribution in [-0.4, -0.2) is 163 Å². The SMILES string of the molecule is COc1ccc(C(OC[C@H]2O[C@@H](n3ccc(N)nc3=O)C[C@@H]2O[P@@](C)(=O)OC[C@H]2O[C@@H](n3ccc(N)nc3=O)C[C@@H]2O[P@@](C)(=O)OC[C@H]2O[C@@H](n3cc(C)c(=O)[nH]c3=O)C[C@@H]2O[P@@](C)(=O)OC[C@H]2O[C@@H](n3cnc4c(=O)[nH]c(N)nc43)C[C@@H]2O)(c2ccccc2)c2ccc(OC)cc2)cc1. The highest BCUT2D eigenvalue weighted by Crippen LogP contribution is 2.55. The summed E-state index contributed by atoms with van der Waals surface area (Å²) in [7, 11) is -9.75. The van der Waals surface area contributed by atoms with E-state index < -0.39 is 150 Å². The zero-order chi connectivity index (χ0) is 71.0. The lowest BCUT2D eigenvalue weighted by atomic mass is 9.80. The number of anilines is 3. The minimum atomic E-state index is -4.36. The number of rotatable bonds is 27. The fourth-order valence-corrected chi connectivity index (χ4v) is 16.0. The molecule has 38 heteroatoms. The van der Waals surface area contributed by atoms with Crippen LogP contribution < -0.4 is 54.9 Å². The molecule has 4 saturated heterocycles. The third kappa shape index (κ3) is 15.7. The predicted octanol–water partition coefficient (Wildman–Crippen LogP) is 4.45. The van der Waals surface area contributed by atoms with Gasteiger partial charge in [-0.25, -0.2) is 19.4 Å². The Balaban J connectivity index is 0.766. The Hall–Kier alpha value is -8.34. The van der Waals surface area contributed by atoms with E-state index in [0.29, 0.717) is 28.2 Å². The van der Waals surface area contributed by atoms with Crippen molar-refractivity contribution < 1.29 is 79.1 Å². The minimum Gasteiger partial charge on any atom is -0.497 e. The van der Waals surface area contributed by atoms with Crippen LogP contribution in [0.25, 0.3) is 11.2 Å². The molecule has 5 aromatic heterocycles. The van der Waals surface area contributed by atoms with Crippen molar-refractivity contribution in [1.29, 1.82) is 0 Å². The molecule has 0 spiro atoms. The lowest BCUT2D eigenvalue weighted by molar-refractivity contribution is -0.0932. The number of aliphatic hydroxyl groups excluding tert-OH is 1. The molecule has 0 amide bonds. The van der Waals surface area contributed by atoms with E-state index in [9.17, 15) is 38.2 Å². The molecule has 0 saturated carbocycles. The number of benzene rings is 3. The maximum Gasteiger partial charge on any atom is 0.351 e. The van der Waals surface area contributed by atoms with E-state index >= 15 is 4.57 Å². The largest absolute Gasteiger partial charge is 0.497 e. The van der Waals surface area contributed by atoms with Gasteiger partial charge in [0.05, 0.1) is 71.4 Å². The number of nitrogens with two attached hydrogens (primary N) is 3. The smallest absolute Gasteiger partial charge is 0.351 e. The first-order chi connectivity index (χ1) is 47.7. The Bertz CT molecular complexity index is 4680. The number of ether oxygens (including phenoxy) is 7. The molecule has 0 aliphatic carbocycles. The number of H-pyrrole nitrogens is 2. The number of fused-ring (bicyclic) bond motifs is 1. The summed E-state index contributed by atoms with van der Waals surface area (Å²) in [5.41, 5.74) is 14.9. The minimum absolute atomic E-state index is 0.0135. The second-order valence-electron chi connectivity index (χ2n) is 24.3. The summed E-state index contributed by atoms with van der Waals surface area (Å²) in [5, 5.41) is 11.1. The van der Waals surface area contributed by atoms with Gasteiger partial charge >= 0.3 is 39.9 Å². The molecule has 9 heterocycles. The quantitative estimate of drug-likeness (QED) is 0.0306. The van der Waals surface area contributed by atoms with Crippen molar-refractivity contribution in [2.24, 2.45) is 0 Å². The van der Waals surface area contributed by atoms with Crippen LogP contribution in [0.15, 0.2) is 140 Å². The molecular formula is C62H74N13O22P3. The number of aromatic amines is 2. The lowest BCUT2D eigenvalue weighted by Crippen LogP contribution is -2.38. The van der Waals surface area contributed by atoms with Crippen LogP contribution in [0.1, 0.15) is 72.8 Å². The van der Waals surface area contributed by atoms with Crippen molar-refractivity contribution in [3.05, 3.63) is 190 Å². The van der Waals surface area contributed by atoms with Gasteiger partial charge < -0.3 is 82.6 Å². The van der Waals surface area contributed by atoms with Crippen molar-refractivity contribution in [2.75, 3.05) is 77.8 Å². The van der Waals surface area contributed by atoms with Crippen LogP contribution in [0, 0.1) is 6.92 Å². The first-order valence-electron chi connectivity index (χ1n) is 31.4. The predicted molar refractivity (Wildman–Crippen MR) is 356 cm³/mol. The molecule has 4 aliphatic heterocycles. The molecule has 0 bridgehead atoms. The van der Waals surface area contributed by atoms with Gasteiger partial charge in [-0.05, 0) is 60.0 Å². The van der Waals surface area contributed by atoms with Gasteiger partial charge in [0.15, 0.2) is 11.2 Å². The summed E-state index contributed by atoms with van der Waals surface area (Å²) < 4.78 is 129. The van der Waals surface area contributed by atoms with E-state index in [-0.39, 0.29) is 66.6 Å². The number of nitrogens with one attached hydrogen (secondary N) is 2. The number of nitrogen functional groups attached to an aromatic ring is 3. The van der Waals surface area contributed by atoms with Gasteiger partial charge in [-0.2, -0.15) is 15.0 Å². The van der Waals surface area contributed by atoms with E-state index in [2.05, 4.69) is 29.9 Å². The third-order valence-corrected chi connectivity index (χ3v) is 21.1. The van der Waals surface area contributed by atoms with E-state index in [4.69, 9.17) is 77.5 Å². The molecule has 534 valence electrons. The van der Waals surface area contributed by atoms with Crippen LogP contribution in [0.3, 0.4) is 0 Å². The van der Waals surface area contributed by atoms with Gasteiger partial charge in [0.1, 0.15) is 78.1 Å². The fraction of sp³-hybridized carbons (Fsp3) is 0.435. The zero-order valence-corrected chi connectivity index (χ0v) is 57.4. The number of methoxy groups -OCH3 is 2. The molecule has 15 atom stereocenters. The van der Waals surface area contributed by atoms with Crippen molar-refractivity contribution >= 4 is 51.5 Å². The summed E-state index contributed by atoms with van der Waals surface area (Å²) >= 11 is 0. The second kappa shape index (κ2) is 29.3. The van der Waals surface area contributed by atoms with Crippen LogP contribution in [0.4, 0.5) is 17.6 Å². The summed E-state index contributed by atoms with van der Waals surface area (Å²) in [5.74, 6) is 0.892. The molecule has 0 unspecified atom stereocenters. The fourth-order valence-electron chi connectivity index (χ4n) is 12.4. The van der Waals surface area contributed by atoms with Crippen molar-refractivity contribution in [3.8, 4) is 11.5 Å². The average Bonchev–Trinajstić information content (AvgIpc) is 0.978. The van der Waals surface area contributed by atoms with Crippen molar-refractivity contribution in [2.45, 2.75) is 112 Å². The van der Waals surface area contributed by atoms with E-state index in [1.54, 1.807) is 38.5 Å². The highest BCUT2D eigenvalue weighted by molar-refractivity contribution is 7.53. The van der Waals surface area contributed by atoms with Crippen LogP contribution in [0.2, 0.25) is 0 Å². The number of aromatic nitrogens is 10. The highest BCUT2D eigenvalue weighted by atomic mass is 31.2. The van der Waals surface area contributed by atoms with E-state index in [1.807, 2.05) is 54.6 Å². The number of hydrogen-bond donors (Lipinski definition) is 6. The van der Waals surface area contributed by atoms with E-state index in [1.165, 1.54) is 59.8 Å². The Labute approximate surface area is 568 Å². The third-order valence-electron chi connectivity index (χ3n) is 17.3. The summed E-state index contributed by atoms with van der Waals surface area (Å²) in [6.45, 7) is 3.05. The molecule has 100 heavy (non-hydrogen) atoms. The Morgan fingerprint density at radius 3 is 1.47 bits per heavy atom. The molecule has 12 rings (SSSR count). The molecule has 35 nitrogen and oxygen atoms in total. The topological polar surface area (TPSA) is 458 Å². The Morgan fingerprint density at radius 2 is 0.990 bits per heavy atom. The van der Waals surface area contributed by atoms with Crippen molar-refractivity contribution in [1.82, 2.24) is 48.2 Å². The van der Waals surface area contributed by atoms with Gasteiger partial charge in [0, 0.05) is 69.8 Å². The second-order valence-corrected chi connectivity index (χ2v) is 30.3. The molecule has 8 aromatic rings. The number of nitrogens with zero attached hydrogens (tertiary/aromatic N) is 8. The van der Waals surface area contributed by atoms with Gasteiger partial charge in [0.25, 0.3) is 11.1 Å². The maximum absolute atomic E-state index is 15.0. The molecule has 4 aliphatic rings. The maximum atomic E-state index is 15.0. The molecule has 3 aromatic carbocycles. The standard InChI is InChI=1S/C62H74N13O22P3/c1-34-28-74(61(81)71-56(34)77)53-27-43(97-98(4,82)88-30-44-40(76)24-50(91-44)75-33-66-54-55(75)69-58(65)70-57(54)78)47(94-53)32-90-100(6,84)96-42-26-52(73-23-21-49(64)68-60(73)80)93-46(42)31-89-99(5,83)95-41-25-51(72-22-20-48(63)67-59(72)79)92-45(41)29-87-62(35-10-8-7-9-11-35,36-12-16-38(85-2)17-13-36)37-14-18-39(86-3)19-15-37/h7-23,28,33,40-47,50-53,76H,24-27,29-32H2,1-6H3,(H2,63,67,79)(H2,64,68,80)(H,71,77,81)(H3,65,69,70,78)/t40-,41-,42-,43-,44+,45+,46+,47+,50+,51+,52+,53+,98-,99-,100-/m0/s1. The zero-order valence-electron chi connectivity index (χ0n) is 54.7. The molecule has 9 N–H and O–H groups in total. The number of imidazole rings is 1. The highest BCUT2D eigenvalue weighted by Gasteiger charge is 2.49. The Kier molecular flexibility index (Phi) is 21.0. The first kappa shape index (κ1) is 71.5. The van der Waals surface area contributed by atoms with Crippen LogP contribution in [0.5, 0.6) is 11.5 Å². The number of aryl methyl sites for hydroxylation is 1. The average molecular weight is 1450 g/mol. The normalized spacial score (nSPS) is 25.8. The summed E-state index contributed by atoms with van der Waals surface area (Å²) in [6, 6.07) is 26.9. The Morgan fingerprint density at radius 1 is 0.550 bits per heavy atom. The van der Waals surface area contributed by atoms with Gasteiger partial charge in [-0.1, -0.05) is 54.6 Å². The molecule has 4 fully saturated rings. The number of hydrogen-bond acceptors (Lipinski definition) is 29. The first-order valence-corrected chi connectivity index (χ1v) is 37.4. The molecular weight excluding hydrogens is 1370 g/mol. The van der Waals surface area contributed by atoms with Crippen molar-refractivity contribution in [3.63, 3.8) is 0 Å². The van der Waals surface area contributed by atoms with E-state index in [0.717, 1.165) is 22.5 Å². The van der Waals surface area contributed by atoms with Gasteiger partial charge in [0.2, 0.25) is 5.95 Å².